The van der Waals surface area contributed by atoms with Gasteiger partial charge in [0.05, 0.1) is 4.90 Å². The van der Waals surface area contributed by atoms with E-state index in [1.807, 2.05) is 29.3 Å². The molecule has 0 fully saturated rings. The summed E-state index contributed by atoms with van der Waals surface area (Å²) in [5.74, 6) is 1.60. The zero-order valence-corrected chi connectivity index (χ0v) is 18.4. The minimum absolute atomic E-state index is 0.280. The first kappa shape index (κ1) is 20.1. The van der Waals surface area contributed by atoms with Crippen molar-refractivity contribution in [2.45, 2.75) is 43.4 Å². The van der Waals surface area contributed by atoms with Gasteiger partial charge in [0, 0.05) is 44.4 Å². The second kappa shape index (κ2) is 7.92. The molecule has 0 bridgehead atoms. The highest BCUT2D eigenvalue weighted by Crippen LogP contribution is 2.32. The first-order valence-electron chi connectivity index (χ1n) is 9.63. The maximum Gasteiger partial charge on any atom is 0.243 e. The number of rotatable bonds is 6. The lowest BCUT2D eigenvalue weighted by atomic mass is 10.1. The molecular formula is C19H24N6O2S2. The maximum absolute atomic E-state index is 13.1. The predicted molar refractivity (Wildman–Crippen MR) is 112 cm³/mol. The lowest BCUT2D eigenvalue weighted by Gasteiger charge is -2.27. The summed E-state index contributed by atoms with van der Waals surface area (Å²) < 4.78 is 31.7. The molecule has 3 aromatic rings. The van der Waals surface area contributed by atoms with Crippen LogP contribution in [0.2, 0.25) is 0 Å². The molecule has 0 N–H and O–H groups in total. The van der Waals surface area contributed by atoms with E-state index in [4.69, 9.17) is 5.10 Å². The van der Waals surface area contributed by atoms with Crippen molar-refractivity contribution in [1.29, 1.82) is 0 Å². The monoisotopic (exact) mass is 432 g/mol. The van der Waals surface area contributed by atoms with Crippen molar-refractivity contribution in [2.24, 2.45) is 7.05 Å². The van der Waals surface area contributed by atoms with Crippen LogP contribution in [0.3, 0.4) is 0 Å². The normalized spacial score (nSPS) is 14.9. The molecule has 29 heavy (non-hydrogen) atoms. The van der Waals surface area contributed by atoms with Gasteiger partial charge in [-0.25, -0.2) is 8.42 Å². The SMILES string of the molecule is CCSc1nnc(-c2nn(C)c3c2CN(S(=O)(=O)c2ccccc2)CC3)n1CC. The molecule has 0 aliphatic carbocycles. The van der Waals surface area contributed by atoms with E-state index in [9.17, 15) is 8.42 Å². The fraction of sp³-hybridized carbons (Fsp3) is 0.421. The quantitative estimate of drug-likeness (QED) is 0.557. The van der Waals surface area contributed by atoms with Crippen LogP contribution in [0, 0.1) is 0 Å². The molecule has 1 aliphatic rings. The first-order valence-corrected chi connectivity index (χ1v) is 12.1. The molecule has 0 saturated carbocycles. The summed E-state index contributed by atoms with van der Waals surface area (Å²) in [7, 11) is -1.66. The Bertz CT molecular complexity index is 1120. The van der Waals surface area contributed by atoms with E-state index < -0.39 is 10.0 Å². The van der Waals surface area contributed by atoms with Gasteiger partial charge in [0.25, 0.3) is 0 Å². The van der Waals surface area contributed by atoms with Crippen molar-refractivity contribution in [3.63, 3.8) is 0 Å². The molecule has 8 nitrogen and oxygen atoms in total. The van der Waals surface area contributed by atoms with E-state index in [0.29, 0.717) is 29.4 Å². The Morgan fingerprint density at radius 1 is 1.14 bits per heavy atom. The van der Waals surface area contributed by atoms with Gasteiger partial charge in [-0.05, 0) is 24.8 Å². The third-order valence-corrected chi connectivity index (χ3v) is 7.81. The van der Waals surface area contributed by atoms with Crippen LogP contribution >= 0.6 is 11.8 Å². The lowest BCUT2D eigenvalue weighted by molar-refractivity contribution is 0.386. The molecule has 1 aromatic carbocycles. The number of hydrogen-bond acceptors (Lipinski definition) is 6. The summed E-state index contributed by atoms with van der Waals surface area (Å²) in [5.41, 5.74) is 2.68. The number of hydrogen-bond donors (Lipinski definition) is 0. The summed E-state index contributed by atoms with van der Waals surface area (Å²) in [6.45, 7) is 5.56. The molecule has 10 heteroatoms. The van der Waals surface area contributed by atoms with Gasteiger partial charge in [-0.1, -0.05) is 36.9 Å². The zero-order valence-electron chi connectivity index (χ0n) is 16.7. The van der Waals surface area contributed by atoms with Crippen molar-refractivity contribution < 1.29 is 8.42 Å². The van der Waals surface area contributed by atoms with Crippen LogP contribution in [0.15, 0.2) is 40.4 Å². The van der Waals surface area contributed by atoms with Gasteiger partial charge >= 0.3 is 0 Å². The van der Waals surface area contributed by atoms with Crippen LogP contribution in [0.5, 0.6) is 0 Å². The van der Waals surface area contributed by atoms with Gasteiger partial charge < -0.3 is 4.57 Å². The summed E-state index contributed by atoms with van der Waals surface area (Å²) in [6, 6.07) is 8.58. The van der Waals surface area contributed by atoms with Crippen molar-refractivity contribution >= 4 is 21.8 Å². The molecule has 3 heterocycles. The molecule has 0 unspecified atom stereocenters. The third-order valence-electron chi connectivity index (χ3n) is 5.11. The minimum Gasteiger partial charge on any atom is -0.301 e. The second-order valence-electron chi connectivity index (χ2n) is 6.78. The highest BCUT2D eigenvalue weighted by molar-refractivity contribution is 7.99. The van der Waals surface area contributed by atoms with Crippen molar-refractivity contribution in [3.8, 4) is 11.5 Å². The number of fused-ring (bicyclic) bond motifs is 1. The number of aromatic nitrogens is 5. The Balaban J connectivity index is 1.75. The van der Waals surface area contributed by atoms with Gasteiger partial charge in [0.1, 0.15) is 5.69 Å². The van der Waals surface area contributed by atoms with Crippen LogP contribution < -0.4 is 0 Å². The highest BCUT2D eigenvalue weighted by Gasteiger charge is 2.33. The summed E-state index contributed by atoms with van der Waals surface area (Å²) in [5, 5.41) is 14.3. The standard InChI is InChI=1S/C19H24N6O2S2/c1-4-25-18(20-21-19(25)28-5-2)17-15-13-24(12-11-16(15)23(3)22-17)29(26,27)14-9-7-6-8-10-14/h6-10H,4-5,11-13H2,1-3H3. The topological polar surface area (TPSA) is 85.9 Å². The van der Waals surface area contributed by atoms with E-state index >= 15 is 0 Å². The second-order valence-corrected chi connectivity index (χ2v) is 9.95. The van der Waals surface area contributed by atoms with Crippen LogP contribution in [0.1, 0.15) is 25.1 Å². The van der Waals surface area contributed by atoms with Gasteiger partial charge in [-0.3, -0.25) is 4.68 Å². The summed E-state index contributed by atoms with van der Waals surface area (Å²) in [4.78, 5) is 0.312. The maximum atomic E-state index is 13.1. The Labute approximate surface area is 175 Å². The van der Waals surface area contributed by atoms with Crippen LogP contribution in [0.25, 0.3) is 11.5 Å². The first-order chi connectivity index (χ1) is 14.0. The smallest absolute Gasteiger partial charge is 0.243 e. The van der Waals surface area contributed by atoms with Crippen LogP contribution in [-0.4, -0.2) is 49.6 Å². The van der Waals surface area contributed by atoms with Gasteiger partial charge in [0.15, 0.2) is 11.0 Å². The number of sulfonamides is 1. The lowest BCUT2D eigenvalue weighted by Crippen LogP contribution is -2.36. The number of nitrogens with zero attached hydrogens (tertiary/aromatic N) is 6. The Kier molecular flexibility index (Phi) is 5.50. The molecular weight excluding hydrogens is 408 g/mol. The molecule has 154 valence electrons. The average Bonchev–Trinajstić information content (AvgIpc) is 3.29. The predicted octanol–water partition coefficient (Wildman–Crippen LogP) is 2.56. The molecule has 0 saturated heterocycles. The molecule has 4 rings (SSSR count). The average molecular weight is 433 g/mol. The van der Waals surface area contributed by atoms with E-state index in [0.717, 1.165) is 28.7 Å². The van der Waals surface area contributed by atoms with E-state index in [2.05, 4.69) is 17.1 Å². The fourth-order valence-electron chi connectivity index (χ4n) is 3.68. The molecule has 1 aliphatic heterocycles. The largest absolute Gasteiger partial charge is 0.301 e. The van der Waals surface area contributed by atoms with E-state index in [1.165, 1.54) is 4.31 Å². The Hall–Kier alpha value is -2.17. The Morgan fingerprint density at radius 3 is 2.59 bits per heavy atom. The highest BCUT2D eigenvalue weighted by atomic mass is 32.2. The number of thioether (sulfide) groups is 1. The molecule has 2 aromatic heterocycles. The Morgan fingerprint density at radius 2 is 1.90 bits per heavy atom. The van der Waals surface area contributed by atoms with Gasteiger partial charge in [-0.15, -0.1) is 10.2 Å². The molecule has 0 spiro atoms. The zero-order chi connectivity index (χ0) is 20.6. The minimum atomic E-state index is -3.56. The third kappa shape index (κ3) is 3.49. The molecule has 0 radical (unpaired) electrons. The number of aryl methyl sites for hydroxylation is 1. The van der Waals surface area contributed by atoms with Gasteiger partial charge in [0.2, 0.25) is 10.0 Å². The van der Waals surface area contributed by atoms with Crippen molar-refractivity contribution in [2.75, 3.05) is 12.3 Å². The van der Waals surface area contributed by atoms with Crippen molar-refractivity contribution in [1.82, 2.24) is 28.9 Å². The van der Waals surface area contributed by atoms with Crippen LogP contribution in [-0.2, 0) is 36.6 Å². The van der Waals surface area contributed by atoms with Gasteiger partial charge in [-0.2, -0.15) is 9.40 Å². The number of benzene rings is 1. The summed E-state index contributed by atoms with van der Waals surface area (Å²) in [6.07, 6.45) is 0.613. The summed E-state index contributed by atoms with van der Waals surface area (Å²) >= 11 is 1.64. The van der Waals surface area contributed by atoms with Crippen LogP contribution in [0.4, 0.5) is 0 Å². The van der Waals surface area contributed by atoms with Crippen molar-refractivity contribution in [3.05, 3.63) is 41.6 Å². The molecule has 0 atom stereocenters. The molecule has 0 amide bonds. The fourth-order valence-corrected chi connectivity index (χ4v) is 5.84. The van der Waals surface area contributed by atoms with E-state index in [-0.39, 0.29) is 6.54 Å². The van der Waals surface area contributed by atoms with E-state index in [1.54, 1.807) is 36.0 Å².